The van der Waals surface area contributed by atoms with Gasteiger partial charge in [-0.05, 0) is 85.0 Å². The number of hydrogen-bond acceptors (Lipinski definition) is 14. The minimum absolute atomic E-state index is 0.0516. The molecule has 4 aliphatic heterocycles. The summed E-state index contributed by atoms with van der Waals surface area (Å²) in [6.45, 7) is 13.4. The predicted molar refractivity (Wildman–Crippen MR) is 209 cm³/mol. The molecule has 1 amide bonds. The minimum atomic E-state index is -1.84. The number of nitrogens with zero attached hydrogens (tertiary/aromatic N) is 4. The lowest BCUT2D eigenvalue weighted by atomic mass is 9.73. The Bertz CT molecular complexity index is 1720. The number of rotatable bonds is 5. The van der Waals surface area contributed by atoms with Crippen molar-refractivity contribution in [3.8, 4) is 11.8 Å². The third kappa shape index (κ3) is 9.99. The summed E-state index contributed by atoms with van der Waals surface area (Å²) >= 11 is 0. The average molecular weight is 797 g/mol. The van der Waals surface area contributed by atoms with Crippen LogP contribution in [0.2, 0.25) is 0 Å². The van der Waals surface area contributed by atoms with E-state index in [1.165, 1.54) is 13.8 Å². The number of aliphatic hydroxyl groups is 2. The van der Waals surface area contributed by atoms with Crippen molar-refractivity contribution in [2.45, 2.75) is 141 Å². The fourth-order valence-corrected chi connectivity index (χ4v) is 8.60. The van der Waals surface area contributed by atoms with Crippen LogP contribution in [0.3, 0.4) is 0 Å². The fourth-order valence-electron chi connectivity index (χ4n) is 8.60. The van der Waals surface area contributed by atoms with Crippen molar-refractivity contribution in [3.63, 3.8) is 0 Å². The number of fused-ring (bicyclic) bond motifs is 4. The molecular formula is C42H60N4O11. The quantitative estimate of drug-likeness (QED) is 0.252. The van der Waals surface area contributed by atoms with Crippen molar-refractivity contribution in [2.75, 3.05) is 27.3 Å². The number of ketones is 1. The number of carbonyl (C=O) groups excluding carboxylic acids is 3. The first kappa shape index (κ1) is 44.5. The Balaban J connectivity index is 1.68. The van der Waals surface area contributed by atoms with Gasteiger partial charge in [-0.2, -0.15) is 0 Å². The molecule has 314 valence electrons. The van der Waals surface area contributed by atoms with Gasteiger partial charge in [-0.25, -0.2) is 9.98 Å². The van der Waals surface area contributed by atoms with E-state index in [1.807, 2.05) is 38.9 Å². The first-order valence-electron chi connectivity index (χ1n) is 20.0. The summed E-state index contributed by atoms with van der Waals surface area (Å²) in [6, 6.07) is 5.03. The number of Topliss-reactive ketones (excluding diaryl/α,β-unsaturated/α-hetero) is 1. The first-order valence-corrected chi connectivity index (χ1v) is 20.0. The molecule has 14 atom stereocenters. The second-order valence-electron chi connectivity index (χ2n) is 16.7. The summed E-state index contributed by atoms with van der Waals surface area (Å²) in [7, 11) is 3.73. The number of aliphatic imine (C=N–C) groups is 1. The van der Waals surface area contributed by atoms with Gasteiger partial charge in [0.05, 0.1) is 43.5 Å². The number of esters is 1. The lowest BCUT2D eigenvalue weighted by Crippen LogP contribution is -2.60. The van der Waals surface area contributed by atoms with Crippen LogP contribution in [0, 0.1) is 35.5 Å². The molecule has 4 bridgehead atoms. The molecule has 15 heteroatoms. The second-order valence-corrected chi connectivity index (χ2v) is 16.7. The van der Waals surface area contributed by atoms with Gasteiger partial charge in [0, 0.05) is 29.8 Å². The van der Waals surface area contributed by atoms with E-state index < -0.39 is 89.3 Å². The van der Waals surface area contributed by atoms with Gasteiger partial charge >= 0.3 is 5.97 Å². The van der Waals surface area contributed by atoms with Gasteiger partial charge < -0.3 is 43.6 Å². The number of oxime groups is 1. The van der Waals surface area contributed by atoms with Gasteiger partial charge in [-0.3, -0.25) is 14.4 Å². The Kier molecular flexibility index (Phi) is 14.5. The van der Waals surface area contributed by atoms with Crippen molar-refractivity contribution in [3.05, 3.63) is 30.1 Å². The standard InChI is InChI=1S/C42H60N4O11/c1-11-32-42(8,51)37-25(4)33-23(2)20-41(7,53-22-29(21-52-37)45-57-31(38(49)44-33)17-14-16-28-15-12-13-18-43-28)36(26(5)34(47)27(6)39(50)55-32)56-40-35(48)30(46(9)10)19-24(3)54-40/h12-13,15,18,23-27,30-32,35-37,40,48,51H,11,17,19-22H2,1-10H3/b44-33?,45-29+/t23-,24-,25-,26+,27-,30+,31?,32-,35-,36-,37+,40+,41-,42-/m1/s1. The molecule has 0 aliphatic carbocycles. The summed E-state index contributed by atoms with van der Waals surface area (Å²) < 4.78 is 32.3. The van der Waals surface area contributed by atoms with E-state index in [0.29, 0.717) is 17.8 Å². The lowest BCUT2D eigenvalue weighted by Gasteiger charge is -2.47. The number of likely N-dealkylation sites (N-methyl/N-ethyl adjacent to an activating group) is 1. The van der Waals surface area contributed by atoms with Crippen molar-refractivity contribution in [1.29, 1.82) is 0 Å². The molecule has 0 aromatic carbocycles. The maximum Gasteiger partial charge on any atom is 0.316 e. The van der Waals surface area contributed by atoms with Crippen LogP contribution in [0.25, 0.3) is 0 Å². The molecule has 15 nitrogen and oxygen atoms in total. The molecule has 1 unspecified atom stereocenters. The molecule has 0 spiro atoms. The number of hydrogen-bond donors (Lipinski definition) is 2. The molecule has 5 rings (SSSR count). The zero-order valence-electron chi connectivity index (χ0n) is 34.8. The zero-order chi connectivity index (χ0) is 41.8. The van der Waals surface area contributed by atoms with Crippen LogP contribution < -0.4 is 0 Å². The summed E-state index contributed by atoms with van der Waals surface area (Å²) in [5.41, 5.74) is -2.10. The van der Waals surface area contributed by atoms with E-state index in [4.69, 9.17) is 33.5 Å². The Morgan fingerprint density at radius 3 is 2.46 bits per heavy atom. The molecule has 0 saturated carbocycles. The van der Waals surface area contributed by atoms with Crippen LogP contribution in [0.4, 0.5) is 0 Å². The number of aromatic nitrogens is 1. The molecule has 3 fully saturated rings. The molecule has 1 aromatic rings. The number of pyridine rings is 1. The Morgan fingerprint density at radius 1 is 1.05 bits per heavy atom. The zero-order valence-corrected chi connectivity index (χ0v) is 34.8. The third-order valence-electron chi connectivity index (χ3n) is 11.8. The Morgan fingerprint density at radius 2 is 1.79 bits per heavy atom. The van der Waals surface area contributed by atoms with Crippen LogP contribution in [0.1, 0.15) is 86.8 Å². The molecule has 2 N–H and O–H groups in total. The van der Waals surface area contributed by atoms with Crippen molar-refractivity contribution in [1.82, 2.24) is 9.88 Å². The molecule has 5 heterocycles. The number of ether oxygens (including phenoxy) is 5. The SMILES string of the molecule is CC[C@H]1OC(=O)[C@H](C)C(=O)[C@H](C)[C@@H](O[C@@H]2O[C@H](C)C[C@H](N(C)C)[C@H]2O)[C@@]2(C)C[C@@H](C)C3=NC(=O)C(CC#Cc4ccccn4)O/N=C(\CO[C@@H]([C@@H]3C)[C@]1(C)O)CO2. The lowest BCUT2D eigenvalue weighted by molar-refractivity contribution is -0.296. The maximum atomic E-state index is 14.4. The van der Waals surface area contributed by atoms with E-state index >= 15 is 0 Å². The van der Waals surface area contributed by atoms with Crippen molar-refractivity contribution >= 4 is 29.1 Å². The number of carbonyl (C=O) groups is 3. The maximum absolute atomic E-state index is 14.4. The molecule has 57 heavy (non-hydrogen) atoms. The van der Waals surface area contributed by atoms with Gasteiger partial charge in [0.2, 0.25) is 6.10 Å². The van der Waals surface area contributed by atoms with Crippen LogP contribution in [-0.2, 0) is 42.9 Å². The Hall–Kier alpha value is -3.62. The second kappa shape index (κ2) is 18.5. The molecule has 1 aromatic heterocycles. The van der Waals surface area contributed by atoms with E-state index in [2.05, 4.69) is 22.0 Å². The molecule has 3 saturated heterocycles. The minimum Gasteiger partial charge on any atom is -0.459 e. The summed E-state index contributed by atoms with van der Waals surface area (Å²) in [6.07, 6.45) is -4.64. The number of aliphatic hydroxyl groups excluding tert-OH is 1. The highest BCUT2D eigenvalue weighted by atomic mass is 16.7. The monoisotopic (exact) mass is 796 g/mol. The normalized spacial score (nSPS) is 40.6. The topological polar surface area (TPSA) is 188 Å². The molecular weight excluding hydrogens is 736 g/mol. The molecule has 0 radical (unpaired) electrons. The van der Waals surface area contributed by atoms with Crippen molar-refractivity contribution in [2.24, 2.45) is 33.8 Å². The van der Waals surface area contributed by atoms with E-state index in [9.17, 15) is 24.6 Å². The van der Waals surface area contributed by atoms with Gasteiger partial charge in [0.15, 0.2) is 12.1 Å². The summed E-state index contributed by atoms with van der Waals surface area (Å²) in [5, 5.41) is 28.3. The van der Waals surface area contributed by atoms with Gasteiger partial charge in [0.25, 0.3) is 5.91 Å². The third-order valence-corrected chi connectivity index (χ3v) is 11.8. The van der Waals surface area contributed by atoms with Gasteiger partial charge in [-0.1, -0.05) is 44.8 Å². The average Bonchev–Trinajstić information content (AvgIpc) is 3.20. The van der Waals surface area contributed by atoms with E-state index in [-0.39, 0.29) is 50.3 Å². The Labute approximate surface area is 335 Å². The van der Waals surface area contributed by atoms with Crippen molar-refractivity contribution < 1.29 is 53.1 Å². The number of cyclic esters (lactones) is 1. The fraction of sp³-hybridized carbons (Fsp3) is 0.714. The molecule has 4 aliphatic rings. The summed E-state index contributed by atoms with van der Waals surface area (Å²) in [5.74, 6) is 0.397. The highest BCUT2D eigenvalue weighted by molar-refractivity contribution is 6.01. The number of amides is 1. The van der Waals surface area contributed by atoms with E-state index in [0.717, 1.165) is 0 Å². The predicted octanol–water partition coefficient (Wildman–Crippen LogP) is 3.12. The van der Waals surface area contributed by atoms with Crippen LogP contribution in [-0.4, -0.2) is 137 Å². The van der Waals surface area contributed by atoms with E-state index in [1.54, 1.807) is 46.0 Å². The van der Waals surface area contributed by atoms with Gasteiger partial charge in [-0.15, -0.1) is 0 Å². The van der Waals surface area contributed by atoms with Crippen LogP contribution in [0.15, 0.2) is 34.5 Å². The van der Waals surface area contributed by atoms with Gasteiger partial charge in [0.1, 0.15) is 35.1 Å². The highest BCUT2D eigenvalue weighted by Crippen LogP contribution is 2.40. The summed E-state index contributed by atoms with van der Waals surface area (Å²) in [4.78, 5) is 59.1. The van der Waals surface area contributed by atoms with Crippen LogP contribution >= 0.6 is 0 Å². The smallest absolute Gasteiger partial charge is 0.316 e. The highest BCUT2D eigenvalue weighted by Gasteiger charge is 2.53. The van der Waals surface area contributed by atoms with Crippen LogP contribution in [0.5, 0.6) is 0 Å². The largest absolute Gasteiger partial charge is 0.459 e. The first-order chi connectivity index (χ1) is 26.9.